The Morgan fingerprint density at radius 1 is 0.696 bits per heavy atom. The SMILES string of the molecule is Cc1ccc(C)c(N=Nc2cc(-c3ccccc3)ccc2O)c1. The van der Waals surface area contributed by atoms with E-state index in [0.29, 0.717) is 5.69 Å². The van der Waals surface area contributed by atoms with E-state index in [-0.39, 0.29) is 5.75 Å². The fourth-order valence-corrected chi connectivity index (χ4v) is 2.35. The zero-order valence-corrected chi connectivity index (χ0v) is 13.2. The molecule has 0 unspecified atom stereocenters. The van der Waals surface area contributed by atoms with E-state index in [0.717, 1.165) is 27.9 Å². The Hall–Kier alpha value is -2.94. The topological polar surface area (TPSA) is 45.0 Å². The summed E-state index contributed by atoms with van der Waals surface area (Å²) in [6, 6.07) is 21.4. The van der Waals surface area contributed by atoms with Gasteiger partial charge in [0.15, 0.2) is 0 Å². The van der Waals surface area contributed by atoms with E-state index in [1.165, 1.54) is 0 Å². The summed E-state index contributed by atoms with van der Waals surface area (Å²) in [6.07, 6.45) is 0. The molecule has 114 valence electrons. The summed E-state index contributed by atoms with van der Waals surface area (Å²) in [5.74, 6) is 0.124. The minimum absolute atomic E-state index is 0.124. The number of rotatable bonds is 3. The third kappa shape index (κ3) is 3.46. The average molecular weight is 302 g/mol. The van der Waals surface area contributed by atoms with Gasteiger partial charge in [-0.05, 0) is 54.3 Å². The van der Waals surface area contributed by atoms with Crippen LogP contribution >= 0.6 is 0 Å². The van der Waals surface area contributed by atoms with Crippen molar-refractivity contribution in [1.29, 1.82) is 0 Å². The van der Waals surface area contributed by atoms with E-state index in [2.05, 4.69) is 10.2 Å². The van der Waals surface area contributed by atoms with Crippen molar-refractivity contribution >= 4 is 11.4 Å². The molecular formula is C20H18N2O. The number of benzene rings is 3. The van der Waals surface area contributed by atoms with Crippen LogP contribution in [0.1, 0.15) is 11.1 Å². The first-order valence-electron chi connectivity index (χ1n) is 7.51. The highest BCUT2D eigenvalue weighted by molar-refractivity contribution is 5.70. The molecule has 0 amide bonds. The summed E-state index contributed by atoms with van der Waals surface area (Å²) in [7, 11) is 0. The lowest BCUT2D eigenvalue weighted by atomic mass is 10.1. The Labute approximate surface area is 136 Å². The van der Waals surface area contributed by atoms with E-state index in [1.54, 1.807) is 6.07 Å². The molecule has 3 aromatic carbocycles. The molecule has 0 heterocycles. The van der Waals surface area contributed by atoms with Gasteiger partial charge in [-0.15, -0.1) is 5.11 Å². The summed E-state index contributed by atoms with van der Waals surface area (Å²) in [5, 5.41) is 18.6. The van der Waals surface area contributed by atoms with Gasteiger partial charge in [-0.25, -0.2) is 0 Å². The van der Waals surface area contributed by atoms with Crippen molar-refractivity contribution in [2.45, 2.75) is 13.8 Å². The molecular weight excluding hydrogens is 284 g/mol. The second-order valence-corrected chi connectivity index (χ2v) is 5.56. The second-order valence-electron chi connectivity index (χ2n) is 5.56. The lowest BCUT2D eigenvalue weighted by Gasteiger charge is -2.05. The maximum absolute atomic E-state index is 10.0. The monoisotopic (exact) mass is 302 g/mol. The maximum Gasteiger partial charge on any atom is 0.143 e. The van der Waals surface area contributed by atoms with Crippen molar-refractivity contribution in [3.05, 3.63) is 77.9 Å². The molecule has 3 nitrogen and oxygen atoms in total. The van der Waals surface area contributed by atoms with Crippen LogP contribution in [0.15, 0.2) is 77.0 Å². The highest BCUT2D eigenvalue weighted by atomic mass is 16.3. The fourth-order valence-electron chi connectivity index (χ4n) is 2.35. The normalized spacial score (nSPS) is 11.0. The third-order valence-electron chi connectivity index (χ3n) is 3.71. The highest BCUT2D eigenvalue weighted by Gasteiger charge is 2.04. The van der Waals surface area contributed by atoms with Crippen LogP contribution in [0.3, 0.4) is 0 Å². The second kappa shape index (κ2) is 6.44. The fraction of sp³-hybridized carbons (Fsp3) is 0.100. The van der Waals surface area contributed by atoms with Gasteiger partial charge in [0.1, 0.15) is 11.4 Å². The van der Waals surface area contributed by atoms with Crippen LogP contribution in [0.4, 0.5) is 11.4 Å². The highest BCUT2D eigenvalue weighted by Crippen LogP contribution is 2.33. The van der Waals surface area contributed by atoms with Crippen LogP contribution in [-0.4, -0.2) is 5.11 Å². The predicted molar refractivity (Wildman–Crippen MR) is 93.6 cm³/mol. The van der Waals surface area contributed by atoms with Crippen molar-refractivity contribution in [3.63, 3.8) is 0 Å². The summed E-state index contributed by atoms with van der Waals surface area (Å²) < 4.78 is 0. The van der Waals surface area contributed by atoms with E-state index in [1.807, 2.05) is 74.5 Å². The zero-order valence-electron chi connectivity index (χ0n) is 13.2. The van der Waals surface area contributed by atoms with Crippen LogP contribution in [0.25, 0.3) is 11.1 Å². The molecule has 3 rings (SSSR count). The number of aryl methyl sites for hydroxylation is 2. The number of phenolic OH excluding ortho intramolecular Hbond substituents is 1. The predicted octanol–water partition coefficient (Wildman–Crippen LogP) is 6.09. The molecule has 0 fully saturated rings. The summed E-state index contributed by atoms with van der Waals surface area (Å²) in [4.78, 5) is 0. The molecule has 0 saturated heterocycles. The standard InChI is InChI=1S/C20H18N2O/c1-14-8-9-15(2)18(12-14)21-22-19-13-17(10-11-20(19)23)16-6-4-3-5-7-16/h3-13,23H,1-2H3. The first-order valence-corrected chi connectivity index (χ1v) is 7.51. The van der Waals surface area contributed by atoms with E-state index in [4.69, 9.17) is 0 Å². The molecule has 0 aliphatic carbocycles. The van der Waals surface area contributed by atoms with Gasteiger partial charge in [-0.2, -0.15) is 5.11 Å². The van der Waals surface area contributed by atoms with E-state index in [9.17, 15) is 5.11 Å². The Kier molecular flexibility index (Phi) is 4.20. The lowest BCUT2D eigenvalue weighted by Crippen LogP contribution is -1.78. The maximum atomic E-state index is 10.0. The van der Waals surface area contributed by atoms with E-state index < -0.39 is 0 Å². The van der Waals surface area contributed by atoms with Crippen LogP contribution in [-0.2, 0) is 0 Å². The molecule has 1 N–H and O–H groups in total. The first-order chi connectivity index (χ1) is 11.1. The Morgan fingerprint density at radius 2 is 1.43 bits per heavy atom. The van der Waals surface area contributed by atoms with Crippen molar-refractivity contribution in [1.82, 2.24) is 0 Å². The Morgan fingerprint density at radius 3 is 2.22 bits per heavy atom. The van der Waals surface area contributed by atoms with Gasteiger partial charge in [-0.1, -0.05) is 48.5 Å². The van der Waals surface area contributed by atoms with Crippen LogP contribution in [0.5, 0.6) is 5.75 Å². The quantitative estimate of drug-likeness (QED) is 0.584. The van der Waals surface area contributed by atoms with Crippen molar-refractivity contribution in [2.24, 2.45) is 10.2 Å². The summed E-state index contributed by atoms with van der Waals surface area (Å²) in [6.45, 7) is 4.01. The summed E-state index contributed by atoms with van der Waals surface area (Å²) in [5.41, 5.74) is 5.54. The largest absolute Gasteiger partial charge is 0.506 e. The third-order valence-corrected chi connectivity index (χ3v) is 3.71. The zero-order chi connectivity index (χ0) is 16.2. The van der Waals surface area contributed by atoms with Gasteiger partial charge in [-0.3, -0.25) is 0 Å². The van der Waals surface area contributed by atoms with E-state index >= 15 is 0 Å². The lowest BCUT2D eigenvalue weighted by molar-refractivity contribution is 0.476. The van der Waals surface area contributed by atoms with Crippen LogP contribution in [0.2, 0.25) is 0 Å². The number of aromatic hydroxyl groups is 1. The van der Waals surface area contributed by atoms with Crippen LogP contribution in [0, 0.1) is 13.8 Å². The minimum atomic E-state index is 0.124. The molecule has 0 saturated carbocycles. The van der Waals surface area contributed by atoms with Crippen molar-refractivity contribution in [2.75, 3.05) is 0 Å². The van der Waals surface area contributed by atoms with Crippen molar-refractivity contribution in [3.8, 4) is 16.9 Å². The smallest absolute Gasteiger partial charge is 0.143 e. The van der Waals surface area contributed by atoms with Gasteiger partial charge in [0.2, 0.25) is 0 Å². The van der Waals surface area contributed by atoms with Gasteiger partial charge in [0.05, 0.1) is 5.69 Å². The molecule has 0 atom stereocenters. The minimum Gasteiger partial charge on any atom is -0.506 e. The van der Waals surface area contributed by atoms with Gasteiger partial charge in [0, 0.05) is 0 Å². The van der Waals surface area contributed by atoms with Gasteiger partial charge >= 0.3 is 0 Å². The molecule has 23 heavy (non-hydrogen) atoms. The summed E-state index contributed by atoms with van der Waals surface area (Å²) >= 11 is 0. The van der Waals surface area contributed by atoms with Crippen LogP contribution < -0.4 is 0 Å². The average Bonchev–Trinajstić information content (AvgIpc) is 2.58. The molecule has 0 radical (unpaired) electrons. The molecule has 0 spiro atoms. The molecule has 0 bridgehead atoms. The van der Waals surface area contributed by atoms with Gasteiger partial charge < -0.3 is 5.11 Å². The molecule has 0 aromatic heterocycles. The Bertz CT molecular complexity index is 855. The molecule has 3 heteroatoms. The number of hydrogen-bond acceptors (Lipinski definition) is 3. The van der Waals surface area contributed by atoms with Crippen molar-refractivity contribution < 1.29 is 5.11 Å². The number of nitrogens with zero attached hydrogens (tertiary/aromatic N) is 2. The number of hydrogen-bond donors (Lipinski definition) is 1. The molecule has 0 aliphatic heterocycles. The first kappa shape index (κ1) is 15.0. The number of phenols is 1. The van der Waals surface area contributed by atoms with Gasteiger partial charge in [0.25, 0.3) is 0 Å². The molecule has 3 aromatic rings. The molecule has 0 aliphatic rings. The number of azo groups is 1. The Balaban J connectivity index is 1.97.